The van der Waals surface area contributed by atoms with Crippen molar-refractivity contribution in [1.82, 2.24) is 4.57 Å². The molecule has 0 saturated heterocycles. The fourth-order valence-electron chi connectivity index (χ4n) is 3.10. The largest absolute Gasteiger partial charge is 0.444 e. The van der Waals surface area contributed by atoms with Gasteiger partial charge in [-0.3, -0.25) is 10.1 Å². The van der Waals surface area contributed by atoms with Gasteiger partial charge in [-0.25, -0.2) is 4.79 Å². The predicted molar refractivity (Wildman–Crippen MR) is 109 cm³/mol. The molecule has 1 saturated carbocycles. The van der Waals surface area contributed by atoms with Gasteiger partial charge in [-0.15, -0.1) is 0 Å². The summed E-state index contributed by atoms with van der Waals surface area (Å²) in [6.45, 7) is 0.828. The minimum atomic E-state index is -0.635. The van der Waals surface area contributed by atoms with Gasteiger partial charge >= 0.3 is 6.09 Å². The van der Waals surface area contributed by atoms with Gasteiger partial charge in [-0.05, 0) is 36.0 Å². The average Bonchev–Trinajstić information content (AvgIpc) is 3.55. The molecule has 0 unspecified atom stereocenters. The van der Waals surface area contributed by atoms with Gasteiger partial charge in [0.2, 0.25) is 0 Å². The van der Waals surface area contributed by atoms with Crippen LogP contribution in [0.1, 0.15) is 18.4 Å². The first kappa shape index (κ1) is 18.0. The number of carbonyl (C=O) groups excluding carboxylic acids is 1. The summed E-state index contributed by atoms with van der Waals surface area (Å²) in [6, 6.07) is 21.0. The van der Waals surface area contributed by atoms with Crippen LogP contribution >= 0.6 is 0 Å². The molecule has 1 fully saturated rings. The van der Waals surface area contributed by atoms with Crippen molar-refractivity contribution in [2.75, 3.05) is 5.32 Å². The van der Waals surface area contributed by atoms with Crippen molar-refractivity contribution in [2.24, 2.45) is 5.92 Å². The first-order chi connectivity index (χ1) is 13.7. The molecular formula is C23H22N2O3. The lowest BCUT2D eigenvalue weighted by Crippen LogP contribution is -2.26. The van der Waals surface area contributed by atoms with E-state index in [-0.39, 0.29) is 17.9 Å². The summed E-state index contributed by atoms with van der Waals surface area (Å²) < 4.78 is 6.97. The van der Waals surface area contributed by atoms with E-state index in [9.17, 15) is 9.59 Å². The van der Waals surface area contributed by atoms with Crippen LogP contribution in [0.3, 0.4) is 0 Å². The highest BCUT2D eigenvalue weighted by molar-refractivity contribution is 5.85. The van der Waals surface area contributed by atoms with Crippen LogP contribution in [0.25, 0.3) is 11.1 Å². The average molecular weight is 374 g/mol. The highest BCUT2D eigenvalue weighted by Crippen LogP contribution is 2.31. The number of rotatable bonds is 6. The maximum Gasteiger partial charge on any atom is 0.412 e. The van der Waals surface area contributed by atoms with E-state index in [0.717, 1.165) is 29.5 Å². The van der Waals surface area contributed by atoms with Gasteiger partial charge < -0.3 is 9.30 Å². The molecule has 1 aromatic heterocycles. The Balaban J connectivity index is 1.56. The van der Waals surface area contributed by atoms with Crippen LogP contribution in [0.5, 0.6) is 0 Å². The Hall–Kier alpha value is -3.34. The monoisotopic (exact) mass is 374 g/mol. The molecule has 142 valence electrons. The van der Waals surface area contributed by atoms with Crippen LogP contribution in [-0.2, 0) is 17.9 Å². The number of ether oxygens (including phenoxy) is 1. The van der Waals surface area contributed by atoms with Crippen LogP contribution in [-0.4, -0.2) is 10.7 Å². The number of pyridine rings is 1. The van der Waals surface area contributed by atoms with Gasteiger partial charge in [0.25, 0.3) is 5.56 Å². The molecule has 0 atom stereocenters. The van der Waals surface area contributed by atoms with Gasteiger partial charge in [-0.1, -0.05) is 60.7 Å². The first-order valence-electron chi connectivity index (χ1n) is 9.46. The van der Waals surface area contributed by atoms with E-state index in [1.165, 1.54) is 0 Å². The number of nitrogens with zero attached hydrogens (tertiary/aromatic N) is 1. The Morgan fingerprint density at radius 3 is 2.36 bits per heavy atom. The zero-order valence-electron chi connectivity index (χ0n) is 15.5. The number of aromatic nitrogens is 1. The molecule has 1 aliphatic carbocycles. The van der Waals surface area contributed by atoms with Gasteiger partial charge in [0.15, 0.2) is 0 Å². The van der Waals surface area contributed by atoms with Crippen LogP contribution < -0.4 is 10.9 Å². The zero-order chi connectivity index (χ0) is 19.3. The van der Waals surface area contributed by atoms with Gasteiger partial charge in [-0.2, -0.15) is 0 Å². The number of nitrogens with one attached hydrogen (secondary N) is 1. The summed E-state index contributed by atoms with van der Waals surface area (Å²) >= 11 is 0. The zero-order valence-corrected chi connectivity index (χ0v) is 15.5. The number of amides is 1. The molecule has 3 aromatic rings. The summed E-state index contributed by atoms with van der Waals surface area (Å²) in [5.74, 6) is 0.543. The smallest absolute Gasteiger partial charge is 0.412 e. The second kappa shape index (κ2) is 8.13. The molecule has 5 heteroatoms. The van der Waals surface area contributed by atoms with Crippen LogP contribution in [0.4, 0.5) is 10.5 Å². The fourth-order valence-corrected chi connectivity index (χ4v) is 3.10. The molecule has 4 rings (SSSR count). The summed E-state index contributed by atoms with van der Waals surface area (Å²) in [5, 5.41) is 2.63. The molecule has 1 amide bonds. The Morgan fingerprint density at radius 1 is 1.00 bits per heavy atom. The normalized spacial score (nSPS) is 13.1. The Labute approximate surface area is 163 Å². The Kier molecular flexibility index (Phi) is 5.24. The van der Waals surface area contributed by atoms with Crippen molar-refractivity contribution in [1.29, 1.82) is 0 Å². The standard InChI is InChI=1S/C23H22N2O3/c26-22-21(24-23(27)28-16-18-7-3-1-4-8-18)13-20(19-9-5-2-6-10-19)15-25(22)14-17-11-12-17/h1-10,13,15,17H,11-12,14,16H2,(H,24,27). The molecule has 0 bridgehead atoms. The molecular weight excluding hydrogens is 352 g/mol. The maximum absolute atomic E-state index is 12.8. The van der Waals surface area contributed by atoms with Gasteiger partial charge in [0, 0.05) is 18.3 Å². The molecule has 0 aliphatic heterocycles. The lowest BCUT2D eigenvalue weighted by molar-refractivity contribution is 0.155. The number of hydrogen-bond acceptors (Lipinski definition) is 3. The molecule has 0 radical (unpaired) electrons. The maximum atomic E-state index is 12.8. The van der Waals surface area contributed by atoms with E-state index in [2.05, 4.69) is 5.32 Å². The second-order valence-corrected chi connectivity index (χ2v) is 7.10. The van der Waals surface area contributed by atoms with Crippen LogP contribution in [0.2, 0.25) is 0 Å². The van der Waals surface area contributed by atoms with Gasteiger partial charge in [0.1, 0.15) is 12.3 Å². The molecule has 1 heterocycles. The summed E-state index contributed by atoms with van der Waals surface area (Å²) in [7, 11) is 0. The van der Waals surface area contributed by atoms with Crippen molar-refractivity contribution in [2.45, 2.75) is 26.0 Å². The highest BCUT2D eigenvalue weighted by Gasteiger charge is 2.23. The molecule has 1 aliphatic rings. The minimum absolute atomic E-state index is 0.154. The predicted octanol–water partition coefficient (Wildman–Crippen LogP) is 4.67. The van der Waals surface area contributed by atoms with Crippen LogP contribution in [0.15, 0.2) is 77.7 Å². The summed E-state index contributed by atoms with van der Waals surface area (Å²) in [6.07, 6.45) is 3.52. The third-order valence-electron chi connectivity index (χ3n) is 4.79. The Bertz CT molecular complexity index is 1010. The van der Waals surface area contributed by atoms with Crippen molar-refractivity contribution >= 4 is 11.8 Å². The highest BCUT2D eigenvalue weighted by atomic mass is 16.5. The van der Waals surface area contributed by atoms with E-state index in [0.29, 0.717) is 12.5 Å². The quantitative estimate of drug-likeness (QED) is 0.682. The van der Waals surface area contributed by atoms with Crippen molar-refractivity contribution in [3.63, 3.8) is 0 Å². The van der Waals surface area contributed by atoms with E-state index in [1.54, 1.807) is 10.6 Å². The van der Waals surface area contributed by atoms with E-state index < -0.39 is 6.09 Å². The minimum Gasteiger partial charge on any atom is -0.444 e. The van der Waals surface area contributed by atoms with Crippen molar-refractivity contribution in [3.8, 4) is 11.1 Å². The topological polar surface area (TPSA) is 60.3 Å². The number of benzene rings is 2. The molecule has 0 spiro atoms. The number of carbonyl (C=O) groups is 1. The first-order valence-corrected chi connectivity index (χ1v) is 9.46. The van der Waals surface area contributed by atoms with Gasteiger partial charge in [0.05, 0.1) is 0 Å². The third-order valence-corrected chi connectivity index (χ3v) is 4.79. The fraction of sp³-hybridized carbons (Fsp3) is 0.217. The second-order valence-electron chi connectivity index (χ2n) is 7.10. The molecule has 2 aromatic carbocycles. The summed E-state index contributed by atoms with van der Waals surface area (Å²) in [5.41, 5.74) is 2.80. The van der Waals surface area contributed by atoms with Crippen LogP contribution in [0, 0.1) is 5.92 Å². The molecule has 28 heavy (non-hydrogen) atoms. The number of hydrogen-bond donors (Lipinski definition) is 1. The Morgan fingerprint density at radius 2 is 1.68 bits per heavy atom. The summed E-state index contributed by atoms with van der Waals surface area (Å²) in [4.78, 5) is 25.1. The van der Waals surface area contributed by atoms with E-state index in [1.807, 2.05) is 66.9 Å². The van der Waals surface area contributed by atoms with E-state index in [4.69, 9.17) is 4.74 Å². The lowest BCUT2D eigenvalue weighted by atomic mass is 10.1. The molecule has 5 nitrogen and oxygen atoms in total. The number of anilines is 1. The van der Waals surface area contributed by atoms with Crippen molar-refractivity contribution in [3.05, 3.63) is 88.8 Å². The van der Waals surface area contributed by atoms with Crippen molar-refractivity contribution < 1.29 is 9.53 Å². The van der Waals surface area contributed by atoms with E-state index >= 15 is 0 Å². The molecule has 1 N–H and O–H groups in total. The lowest BCUT2D eigenvalue weighted by Gasteiger charge is -2.13. The SMILES string of the molecule is O=C(Nc1cc(-c2ccccc2)cn(CC2CC2)c1=O)OCc1ccccc1. The third kappa shape index (κ3) is 4.49.